The van der Waals surface area contributed by atoms with Gasteiger partial charge in [0.25, 0.3) is 12.3 Å². The number of para-hydroxylation sites is 1. The number of carbonyl (C=O) groups is 2. The Labute approximate surface area is 235 Å². The quantitative estimate of drug-likeness (QED) is 0.454. The molecule has 1 saturated carbocycles. The number of alkyl halides is 2. The van der Waals surface area contributed by atoms with Gasteiger partial charge in [0.15, 0.2) is 0 Å². The van der Waals surface area contributed by atoms with Gasteiger partial charge in [0.2, 0.25) is 5.91 Å². The van der Waals surface area contributed by atoms with Crippen molar-refractivity contribution in [1.82, 2.24) is 20.3 Å². The van der Waals surface area contributed by atoms with E-state index in [1.807, 2.05) is 23.1 Å². The second-order valence-electron chi connectivity index (χ2n) is 10.8. The number of pyridine rings is 1. The first-order chi connectivity index (χ1) is 19.4. The zero-order valence-electron chi connectivity index (χ0n) is 21.8. The van der Waals surface area contributed by atoms with Gasteiger partial charge in [-0.2, -0.15) is 0 Å². The molecular formula is C29H29ClF2N6O2. The molecule has 11 heteroatoms. The number of hydrogen-bond donors (Lipinski definition) is 1. The smallest absolute Gasteiger partial charge is 0.281 e. The summed E-state index contributed by atoms with van der Waals surface area (Å²) in [6, 6.07) is 9.15. The first kappa shape index (κ1) is 26.6. The highest BCUT2D eigenvalue weighted by Crippen LogP contribution is 2.48. The second kappa shape index (κ2) is 10.7. The predicted octanol–water partition coefficient (Wildman–Crippen LogP) is 4.95. The van der Waals surface area contributed by atoms with Gasteiger partial charge in [0.05, 0.1) is 22.2 Å². The molecule has 2 aromatic heterocycles. The highest BCUT2D eigenvalue weighted by molar-refractivity contribution is 6.30. The summed E-state index contributed by atoms with van der Waals surface area (Å²) in [5, 5.41) is 3.02. The Hall–Kier alpha value is -3.66. The number of anilines is 2. The van der Waals surface area contributed by atoms with Crippen molar-refractivity contribution in [2.24, 2.45) is 5.92 Å². The lowest BCUT2D eigenvalue weighted by Gasteiger charge is -2.32. The fourth-order valence-electron chi connectivity index (χ4n) is 6.45. The number of fused-ring (bicyclic) bond motifs is 2. The topological polar surface area (TPSA) is 91.3 Å². The van der Waals surface area contributed by atoms with Crippen molar-refractivity contribution in [2.45, 2.75) is 50.0 Å². The number of hydrogen-bond acceptors (Lipinski definition) is 6. The van der Waals surface area contributed by atoms with Gasteiger partial charge in [-0.15, -0.1) is 0 Å². The number of aromatic nitrogens is 3. The first-order valence-electron chi connectivity index (χ1n) is 13.5. The van der Waals surface area contributed by atoms with E-state index in [9.17, 15) is 18.4 Å². The van der Waals surface area contributed by atoms with E-state index < -0.39 is 23.4 Å². The van der Waals surface area contributed by atoms with Crippen molar-refractivity contribution in [3.63, 3.8) is 0 Å². The third-order valence-electron chi connectivity index (χ3n) is 8.47. The van der Waals surface area contributed by atoms with Crippen LogP contribution in [0.5, 0.6) is 0 Å². The number of nitrogens with one attached hydrogen (secondary N) is 1. The number of halogens is 3. The lowest BCUT2D eigenvalue weighted by atomic mass is 9.81. The largest absolute Gasteiger partial charge is 0.354 e. The normalized spacial score (nSPS) is 24.1. The van der Waals surface area contributed by atoms with Crippen LogP contribution in [0.2, 0.25) is 5.02 Å². The molecule has 1 aliphatic carbocycles. The molecule has 1 spiro atoms. The summed E-state index contributed by atoms with van der Waals surface area (Å²) < 4.78 is 26.7. The van der Waals surface area contributed by atoms with Crippen molar-refractivity contribution in [3.05, 3.63) is 77.0 Å². The molecule has 3 aliphatic rings. The standard InChI is InChI=1S/C29H29ClF2N6O2/c30-19-13-21(25(26(31)32)35-14-19)27(39)36-20-7-5-18(6-8-20)16-38-23-4-2-1-3-22(23)29(28(38)40)9-12-37(17-29)24-15-33-10-11-34-24/h1-4,10-11,13-15,18,20,26H,5-9,12,16-17H2,(H,36,39). The minimum absolute atomic E-state index is 0.128. The molecular weight excluding hydrogens is 538 g/mol. The number of amides is 2. The van der Waals surface area contributed by atoms with Crippen LogP contribution < -0.4 is 15.1 Å². The molecule has 6 rings (SSSR count). The summed E-state index contributed by atoms with van der Waals surface area (Å²) in [5.74, 6) is 0.580. The lowest BCUT2D eigenvalue weighted by molar-refractivity contribution is -0.122. The Morgan fingerprint density at radius 2 is 1.93 bits per heavy atom. The van der Waals surface area contributed by atoms with Gasteiger partial charge in [0.1, 0.15) is 11.5 Å². The fraction of sp³-hybridized carbons (Fsp3) is 0.414. The van der Waals surface area contributed by atoms with E-state index in [1.165, 1.54) is 6.07 Å². The summed E-state index contributed by atoms with van der Waals surface area (Å²) in [6.07, 6.45) is 7.02. The molecule has 1 atom stereocenters. The molecule has 1 unspecified atom stereocenters. The van der Waals surface area contributed by atoms with Crippen molar-refractivity contribution in [2.75, 3.05) is 29.4 Å². The van der Waals surface area contributed by atoms with E-state index >= 15 is 0 Å². The molecule has 1 saturated heterocycles. The predicted molar refractivity (Wildman–Crippen MR) is 147 cm³/mol. The number of rotatable bonds is 6. The van der Waals surface area contributed by atoms with E-state index in [2.05, 4.69) is 31.2 Å². The Bertz CT molecular complexity index is 1420. The Balaban J connectivity index is 1.11. The average molecular weight is 567 g/mol. The van der Waals surface area contributed by atoms with Crippen molar-refractivity contribution < 1.29 is 18.4 Å². The van der Waals surface area contributed by atoms with Gasteiger partial charge in [-0.1, -0.05) is 29.8 Å². The maximum absolute atomic E-state index is 14.0. The lowest BCUT2D eigenvalue weighted by Crippen LogP contribution is -2.45. The van der Waals surface area contributed by atoms with Crippen LogP contribution in [-0.2, 0) is 10.2 Å². The maximum atomic E-state index is 14.0. The minimum Gasteiger partial charge on any atom is -0.354 e. The van der Waals surface area contributed by atoms with Crippen LogP contribution in [0.4, 0.5) is 20.3 Å². The van der Waals surface area contributed by atoms with Gasteiger partial charge >= 0.3 is 0 Å². The Morgan fingerprint density at radius 3 is 2.67 bits per heavy atom. The van der Waals surface area contributed by atoms with E-state index in [4.69, 9.17) is 11.6 Å². The molecule has 0 bridgehead atoms. The third-order valence-corrected chi connectivity index (χ3v) is 8.67. The Kier molecular flexibility index (Phi) is 7.12. The molecule has 1 N–H and O–H groups in total. The average Bonchev–Trinajstić information content (AvgIpc) is 3.51. The minimum atomic E-state index is -2.87. The van der Waals surface area contributed by atoms with Crippen LogP contribution in [0.25, 0.3) is 0 Å². The Morgan fingerprint density at radius 1 is 1.12 bits per heavy atom. The van der Waals surface area contributed by atoms with Gasteiger partial charge in [-0.25, -0.2) is 13.8 Å². The molecule has 2 amide bonds. The van der Waals surface area contributed by atoms with Crippen LogP contribution >= 0.6 is 11.6 Å². The van der Waals surface area contributed by atoms with Gasteiger partial charge in [-0.3, -0.25) is 19.6 Å². The molecule has 2 aliphatic heterocycles. The summed E-state index contributed by atoms with van der Waals surface area (Å²) in [6.45, 7) is 1.90. The van der Waals surface area contributed by atoms with Crippen LogP contribution in [0, 0.1) is 5.92 Å². The van der Waals surface area contributed by atoms with Crippen molar-refractivity contribution in [1.29, 1.82) is 0 Å². The first-order valence-corrected chi connectivity index (χ1v) is 13.9. The van der Waals surface area contributed by atoms with E-state index in [1.54, 1.807) is 18.6 Å². The SMILES string of the molecule is O=C(NC1CCC(CN2C(=O)C3(CCN(c4cnccn4)C3)c3ccccc32)CC1)c1cc(Cl)cnc1C(F)F. The van der Waals surface area contributed by atoms with Crippen LogP contribution in [0.3, 0.4) is 0 Å². The molecule has 3 aromatic rings. The van der Waals surface area contributed by atoms with Crippen molar-refractivity contribution in [3.8, 4) is 0 Å². The van der Waals surface area contributed by atoms with Crippen LogP contribution in [-0.4, -0.2) is 52.4 Å². The molecule has 208 valence electrons. The molecule has 4 heterocycles. The number of nitrogens with zero attached hydrogens (tertiary/aromatic N) is 5. The summed E-state index contributed by atoms with van der Waals surface area (Å²) in [4.78, 5) is 43.2. The summed E-state index contributed by atoms with van der Waals surface area (Å²) in [5.41, 5.74) is 0.670. The summed E-state index contributed by atoms with van der Waals surface area (Å²) in [7, 11) is 0. The number of carbonyl (C=O) groups excluding carboxylic acids is 2. The van der Waals surface area contributed by atoms with Crippen LogP contribution in [0.15, 0.2) is 55.1 Å². The van der Waals surface area contributed by atoms with Gasteiger partial charge < -0.3 is 15.1 Å². The maximum Gasteiger partial charge on any atom is 0.281 e. The molecule has 40 heavy (non-hydrogen) atoms. The summed E-state index contributed by atoms with van der Waals surface area (Å²) >= 11 is 5.91. The zero-order chi connectivity index (χ0) is 27.9. The molecule has 2 fully saturated rings. The van der Waals surface area contributed by atoms with Crippen molar-refractivity contribution >= 4 is 34.9 Å². The third kappa shape index (κ3) is 4.78. The molecule has 1 aromatic carbocycles. The van der Waals surface area contributed by atoms with E-state index in [-0.39, 0.29) is 28.5 Å². The zero-order valence-corrected chi connectivity index (χ0v) is 22.5. The van der Waals surface area contributed by atoms with Gasteiger partial charge in [-0.05, 0) is 55.7 Å². The molecule has 0 radical (unpaired) electrons. The van der Waals surface area contributed by atoms with Crippen LogP contribution in [0.1, 0.15) is 60.1 Å². The van der Waals surface area contributed by atoms with Gasteiger partial charge in [0, 0.05) is 50.0 Å². The number of benzene rings is 1. The molecule has 8 nitrogen and oxygen atoms in total. The monoisotopic (exact) mass is 566 g/mol. The van der Waals surface area contributed by atoms with E-state index in [0.717, 1.165) is 42.7 Å². The highest BCUT2D eigenvalue weighted by atomic mass is 35.5. The second-order valence-corrected chi connectivity index (χ2v) is 11.3. The highest BCUT2D eigenvalue weighted by Gasteiger charge is 2.54. The van der Waals surface area contributed by atoms with E-state index in [0.29, 0.717) is 32.4 Å². The fourth-order valence-corrected chi connectivity index (χ4v) is 6.61.